The van der Waals surface area contributed by atoms with Gasteiger partial charge < -0.3 is 10.2 Å². The number of hydrogen-bond acceptors (Lipinski definition) is 4. The fourth-order valence-electron chi connectivity index (χ4n) is 3.95. The molecule has 0 saturated carbocycles. The molecule has 1 amide bonds. The first-order valence-electron chi connectivity index (χ1n) is 10.8. The minimum Gasteiger partial charge on any atom is -0.369 e. The molecule has 160 valence electrons. The molecule has 1 fully saturated rings. The monoisotopic (exact) mass is 407 g/mol. The van der Waals surface area contributed by atoms with E-state index in [-0.39, 0.29) is 17.7 Å². The average molecular weight is 408 g/mol. The number of ketones is 1. The molecule has 1 aliphatic rings. The van der Waals surface area contributed by atoms with E-state index < -0.39 is 0 Å². The van der Waals surface area contributed by atoms with Crippen LogP contribution in [0.1, 0.15) is 49.2 Å². The van der Waals surface area contributed by atoms with E-state index in [0.717, 1.165) is 43.9 Å². The summed E-state index contributed by atoms with van der Waals surface area (Å²) in [6.45, 7) is 9.83. The summed E-state index contributed by atoms with van der Waals surface area (Å²) < 4.78 is 0. The summed E-state index contributed by atoms with van der Waals surface area (Å²) in [5, 5.41) is 3.25. The third-order valence-corrected chi connectivity index (χ3v) is 5.62. The summed E-state index contributed by atoms with van der Waals surface area (Å²) in [6.07, 6.45) is 0.930. The van der Waals surface area contributed by atoms with Gasteiger partial charge in [-0.2, -0.15) is 0 Å². The summed E-state index contributed by atoms with van der Waals surface area (Å²) in [6, 6.07) is 18.1. The molecule has 0 spiro atoms. The highest BCUT2D eigenvalue weighted by Gasteiger charge is 2.21. The van der Waals surface area contributed by atoms with Gasteiger partial charge in [-0.1, -0.05) is 44.2 Å². The minimum absolute atomic E-state index is 0.0554. The number of anilines is 1. The Hall–Kier alpha value is -2.66. The van der Waals surface area contributed by atoms with Gasteiger partial charge >= 0.3 is 0 Å². The predicted octanol–water partition coefficient (Wildman–Crippen LogP) is 3.91. The Morgan fingerprint density at radius 2 is 1.57 bits per heavy atom. The number of rotatable bonds is 8. The van der Waals surface area contributed by atoms with E-state index in [1.54, 1.807) is 6.92 Å². The number of carbonyl (C=O) groups excluding carboxylic acids is 2. The zero-order valence-corrected chi connectivity index (χ0v) is 18.3. The van der Waals surface area contributed by atoms with Gasteiger partial charge in [0.2, 0.25) is 5.91 Å². The molecule has 1 N–H and O–H groups in total. The van der Waals surface area contributed by atoms with Crippen LogP contribution in [0, 0.1) is 5.92 Å². The lowest BCUT2D eigenvalue weighted by molar-refractivity contribution is -0.123. The third kappa shape index (κ3) is 6.17. The molecule has 1 aliphatic heterocycles. The third-order valence-electron chi connectivity index (χ3n) is 5.62. The first kappa shape index (κ1) is 22.0. The van der Waals surface area contributed by atoms with E-state index in [1.165, 1.54) is 5.56 Å². The highest BCUT2D eigenvalue weighted by molar-refractivity contribution is 5.94. The number of carbonyl (C=O) groups is 2. The van der Waals surface area contributed by atoms with Crippen LogP contribution in [0.4, 0.5) is 5.69 Å². The second-order valence-corrected chi connectivity index (χ2v) is 8.53. The van der Waals surface area contributed by atoms with Crippen molar-refractivity contribution >= 4 is 17.4 Å². The maximum Gasteiger partial charge on any atom is 0.234 e. The molecule has 2 aromatic carbocycles. The van der Waals surface area contributed by atoms with Crippen molar-refractivity contribution < 1.29 is 9.59 Å². The Labute approximate surface area is 180 Å². The molecule has 1 saturated heterocycles. The Morgan fingerprint density at radius 1 is 0.933 bits per heavy atom. The summed E-state index contributed by atoms with van der Waals surface area (Å²) in [5.74, 6) is 0.681. The van der Waals surface area contributed by atoms with Crippen molar-refractivity contribution in [2.45, 2.75) is 33.2 Å². The normalized spacial score (nSPS) is 15.8. The number of hydrogen-bond donors (Lipinski definition) is 1. The number of benzene rings is 2. The van der Waals surface area contributed by atoms with E-state index in [1.807, 2.05) is 42.5 Å². The van der Waals surface area contributed by atoms with E-state index in [0.29, 0.717) is 12.5 Å². The van der Waals surface area contributed by atoms with Crippen LogP contribution in [0.15, 0.2) is 54.6 Å². The number of nitrogens with one attached hydrogen (secondary N) is 1. The second kappa shape index (κ2) is 10.4. The maximum atomic E-state index is 12.7. The summed E-state index contributed by atoms with van der Waals surface area (Å²) in [7, 11) is 0. The van der Waals surface area contributed by atoms with Gasteiger partial charge in [-0.25, -0.2) is 0 Å². The Bertz CT molecular complexity index is 825. The molecule has 0 radical (unpaired) electrons. The van der Waals surface area contributed by atoms with Crippen LogP contribution >= 0.6 is 0 Å². The van der Waals surface area contributed by atoms with Gasteiger partial charge in [0.05, 0.1) is 12.6 Å². The highest BCUT2D eigenvalue weighted by atomic mass is 16.2. The molecule has 1 heterocycles. The van der Waals surface area contributed by atoms with Crippen molar-refractivity contribution in [3.8, 4) is 0 Å². The molecular formula is C25H33N3O2. The van der Waals surface area contributed by atoms with Crippen LogP contribution in [-0.2, 0) is 4.79 Å². The fraction of sp³-hybridized carbons (Fsp3) is 0.440. The van der Waals surface area contributed by atoms with Gasteiger partial charge in [0.1, 0.15) is 0 Å². The average Bonchev–Trinajstić information content (AvgIpc) is 2.74. The molecular weight excluding hydrogens is 374 g/mol. The van der Waals surface area contributed by atoms with Crippen molar-refractivity contribution in [3.63, 3.8) is 0 Å². The van der Waals surface area contributed by atoms with Gasteiger partial charge in [-0.3, -0.25) is 14.5 Å². The Kier molecular flexibility index (Phi) is 7.63. The first-order chi connectivity index (χ1) is 14.4. The van der Waals surface area contributed by atoms with Gasteiger partial charge in [-0.05, 0) is 49.1 Å². The number of nitrogens with zero attached hydrogens (tertiary/aromatic N) is 2. The lowest BCUT2D eigenvalue weighted by Crippen LogP contribution is -2.49. The van der Waals surface area contributed by atoms with Gasteiger partial charge in [0.15, 0.2) is 5.78 Å². The lowest BCUT2D eigenvalue weighted by atomic mass is 9.97. The lowest BCUT2D eigenvalue weighted by Gasteiger charge is -2.36. The number of amides is 1. The van der Waals surface area contributed by atoms with E-state index in [4.69, 9.17) is 0 Å². The fourth-order valence-corrected chi connectivity index (χ4v) is 3.95. The molecule has 2 aromatic rings. The Balaban J connectivity index is 1.51. The van der Waals surface area contributed by atoms with Gasteiger partial charge in [0.25, 0.3) is 0 Å². The zero-order chi connectivity index (χ0) is 21.5. The summed E-state index contributed by atoms with van der Waals surface area (Å²) in [4.78, 5) is 28.7. The van der Waals surface area contributed by atoms with E-state index in [2.05, 4.69) is 41.1 Å². The van der Waals surface area contributed by atoms with Gasteiger partial charge in [-0.15, -0.1) is 0 Å². The van der Waals surface area contributed by atoms with E-state index >= 15 is 0 Å². The molecule has 5 heteroatoms. The van der Waals surface area contributed by atoms with Gasteiger partial charge in [0, 0.05) is 37.4 Å². The summed E-state index contributed by atoms with van der Waals surface area (Å²) in [5.41, 5.74) is 3.03. The molecule has 1 atom stereocenters. The standard InChI is InChI=1S/C25H33N3O2/c1-19(2)17-24(22-7-5-4-6-8-22)26-25(30)18-27-13-15-28(16-14-27)23-11-9-21(10-12-23)20(3)29/h4-12,19,24H,13-18H2,1-3H3,(H,26,30)/t24-/m1/s1. The molecule has 0 unspecified atom stereocenters. The number of Topliss-reactive ketones (excluding diaryl/α,β-unsaturated/α-hetero) is 1. The first-order valence-corrected chi connectivity index (χ1v) is 10.8. The minimum atomic E-state index is 0.0554. The molecule has 0 aliphatic carbocycles. The van der Waals surface area contributed by atoms with Crippen LogP contribution in [0.3, 0.4) is 0 Å². The largest absolute Gasteiger partial charge is 0.369 e. The van der Waals surface area contributed by atoms with Crippen molar-refractivity contribution in [3.05, 3.63) is 65.7 Å². The maximum absolute atomic E-state index is 12.7. The molecule has 30 heavy (non-hydrogen) atoms. The van der Waals surface area contributed by atoms with Crippen LogP contribution in [-0.4, -0.2) is 49.3 Å². The Morgan fingerprint density at radius 3 is 2.13 bits per heavy atom. The van der Waals surface area contributed by atoms with E-state index in [9.17, 15) is 9.59 Å². The highest BCUT2D eigenvalue weighted by Crippen LogP contribution is 2.21. The molecule has 5 nitrogen and oxygen atoms in total. The second-order valence-electron chi connectivity index (χ2n) is 8.53. The van der Waals surface area contributed by atoms with Crippen LogP contribution in [0.25, 0.3) is 0 Å². The smallest absolute Gasteiger partial charge is 0.234 e. The van der Waals surface area contributed by atoms with Crippen molar-refractivity contribution in [1.29, 1.82) is 0 Å². The molecule has 0 aromatic heterocycles. The predicted molar refractivity (Wildman–Crippen MR) is 122 cm³/mol. The SMILES string of the molecule is CC(=O)c1ccc(N2CCN(CC(=O)N[C@H](CC(C)C)c3ccccc3)CC2)cc1. The quantitative estimate of drug-likeness (QED) is 0.674. The van der Waals surface area contributed by atoms with Crippen molar-refractivity contribution in [2.75, 3.05) is 37.6 Å². The molecule has 3 rings (SSSR count). The molecule has 0 bridgehead atoms. The topological polar surface area (TPSA) is 52.7 Å². The van der Waals surface area contributed by atoms with Crippen LogP contribution < -0.4 is 10.2 Å². The number of piperazine rings is 1. The van der Waals surface area contributed by atoms with Crippen LogP contribution in [0.5, 0.6) is 0 Å². The van der Waals surface area contributed by atoms with Crippen molar-refractivity contribution in [1.82, 2.24) is 10.2 Å². The zero-order valence-electron chi connectivity index (χ0n) is 18.3. The van der Waals surface area contributed by atoms with Crippen molar-refractivity contribution in [2.24, 2.45) is 5.92 Å². The summed E-state index contributed by atoms with van der Waals surface area (Å²) >= 11 is 0. The van der Waals surface area contributed by atoms with Crippen LogP contribution in [0.2, 0.25) is 0 Å².